The molecule has 0 amide bonds. The first kappa shape index (κ1) is 12.7. The fourth-order valence-corrected chi connectivity index (χ4v) is 5.19. The summed E-state index contributed by atoms with van der Waals surface area (Å²) in [6, 6.07) is 4.64. The van der Waals surface area contributed by atoms with Gasteiger partial charge in [-0.2, -0.15) is 0 Å². The van der Waals surface area contributed by atoms with Crippen molar-refractivity contribution in [3.8, 4) is 11.5 Å². The zero-order chi connectivity index (χ0) is 15.1. The Bertz CT molecular complexity index is 725. The van der Waals surface area contributed by atoms with Gasteiger partial charge in [0.25, 0.3) is 0 Å². The van der Waals surface area contributed by atoms with Crippen molar-refractivity contribution in [2.24, 2.45) is 5.92 Å². The molecule has 2 bridgehead atoms. The Morgan fingerprint density at radius 2 is 2.32 bits per heavy atom. The van der Waals surface area contributed by atoms with Gasteiger partial charge in [0, 0.05) is 24.1 Å². The maximum absolute atomic E-state index is 12.5. The lowest BCUT2D eigenvalue weighted by molar-refractivity contribution is -0.124. The van der Waals surface area contributed by atoms with Crippen LogP contribution in [0.15, 0.2) is 24.3 Å². The lowest BCUT2D eigenvalue weighted by atomic mass is 9.60. The molecular weight excluding hydrogens is 278 g/mol. The molecule has 4 nitrogen and oxygen atoms in total. The predicted octanol–water partition coefficient (Wildman–Crippen LogP) is 1.71. The second-order valence-electron chi connectivity index (χ2n) is 6.87. The first-order chi connectivity index (χ1) is 10.7. The first-order valence-corrected chi connectivity index (χ1v) is 8.05. The summed E-state index contributed by atoms with van der Waals surface area (Å²) in [4.78, 5) is 14.9. The molecule has 0 aromatic heterocycles. The standard InChI is InChI=1S/C18H19NO3/c1-3-21-14-7-4-10-8-12-11-5-6-13(20)17-18(11,9-19(12)2)15(10)16(14)22-17/h4-7,11-12,17H,3,8-9H2,1-2H3/t11?,12?,17?,18-/m0/s1. The highest BCUT2D eigenvalue weighted by Crippen LogP contribution is 2.61. The third-order valence-corrected chi connectivity index (χ3v) is 5.92. The Balaban J connectivity index is 1.81. The molecule has 2 heterocycles. The average Bonchev–Trinajstić information content (AvgIpc) is 2.94. The smallest absolute Gasteiger partial charge is 0.196 e. The van der Waals surface area contributed by atoms with Gasteiger partial charge in [-0.1, -0.05) is 12.1 Å². The van der Waals surface area contributed by atoms with Crippen LogP contribution in [0, 0.1) is 5.92 Å². The summed E-state index contributed by atoms with van der Waals surface area (Å²) in [5.41, 5.74) is 2.36. The van der Waals surface area contributed by atoms with Crippen molar-refractivity contribution in [2.45, 2.75) is 30.9 Å². The Hall–Kier alpha value is -1.81. The molecule has 22 heavy (non-hydrogen) atoms. The Morgan fingerprint density at radius 3 is 3.14 bits per heavy atom. The van der Waals surface area contributed by atoms with Crippen molar-refractivity contribution in [3.05, 3.63) is 35.4 Å². The maximum Gasteiger partial charge on any atom is 0.196 e. The van der Waals surface area contributed by atoms with E-state index in [0.717, 1.165) is 24.5 Å². The van der Waals surface area contributed by atoms with Gasteiger partial charge in [-0.3, -0.25) is 4.79 Å². The van der Waals surface area contributed by atoms with E-state index >= 15 is 0 Å². The topological polar surface area (TPSA) is 38.8 Å². The second kappa shape index (κ2) is 3.93. The van der Waals surface area contributed by atoms with Crippen LogP contribution in [-0.2, 0) is 16.6 Å². The molecule has 0 saturated carbocycles. The van der Waals surface area contributed by atoms with Crippen LogP contribution >= 0.6 is 0 Å². The van der Waals surface area contributed by atoms with Crippen LogP contribution < -0.4 is 9.47 Å². The number of hydrogen-bond acceptors (Lipinski definition) is 4. The van der Waals surface area contributed by atoms with Gasteiger partial charge in [0.05, 0.1) is 12.0 Å². The molecule has 3 unspecified atom stereocenters. The van der Waals surface area contributed by atoms with E-state index in [9.17, 15) is 4.79 Å². The molecule has 1 fully saturated rings. The molecule has 1 aromatic rings. The van der Waals surface area contributed by atoms with Crippen molar-refractivity contribution in [3.63, 3.8) is 0 Å². The van der Waals surface area contributed by atoms with Crippen molar-refractivity contribution < 1.29 is 14.3 Å². The molecule has 114 valence electrons. The maximum atomic E-state index is 12.5. The average molecular weight is 297 g/mol. The number of hydrogen-bond donors (Lipinski definition) is 0. The number of ketones is 1. The lowest BCUT2D eigenvalue weighted by Gasteiger charge is -2.40. The highest BCUT2D eigenvalue weighted by atomic mass is 16.5. The molecule has 4 atom stereocenters. The molecule has 2 aliphatic heterocycles. The van der Waals surface area contributed by atoms with E-state index < -0.39 is 0 Å². The van der Waals surface area contributed by atoms with Gasteiger partial charge in [0.15, 0.2) is 23.4 Å². The quantitative estimate of drug-likeness (QED) is 0.833. The fraction of sp³-hybridized carbons (Fsp3) is 0.500. The van der Waals surface area contributed by atoms with Gasteiger partial charge in [-0.15, -0.1) is 0 Å². The number of carbonyl (C=O) groups excluding carboxylic acids is 1. The Kier molecular flexibility index (Phi) is 2.27. The van der Waals surface area contributed by atoms with E-state index in [1.807, 2.05) is 13.0 Å². The van der Waals surface area contributed by atoms with Crippen LogP contribution in [-0.4, -0.2) is 43.0 Å². The summed E-state index contributed by atoms with van der Waals surface area (Å²) in [6.45, 7) is 3.46. The third-order valence-electron chi connectivity index (χ3n) is 5.92. The summed E-state index contributed by atoms with van der Waals surface area (Å²) in [6.07, 6.45) is 4.50. The number of likely N-dealkylation sites (N-methyl/N-ethyl adjacent to an activating group) is 1. The van der Waals surface area contributed by atoms with Gasteiger partial charge in [0.2, 0.25) is 0 Å². The SMILES string of the molecule is CCOc1ccc2c3c1OC1C(=O)C=CC4C(C2)N(C)C[C@]314. The molecule has 1 aromatic carbocycles. The molecule has 4 aliphatic rings. The van der Waals surface area contributed by atoms with Crippen LogP contribution in [0.25, 0.3) is 0 Å². The molecule has 2 aliphatic carbocycles. The summed E-state index contributed by atoms with van der Waals surface area (Å²) in [7, 11) is 2.17. The molecule has 1 saturated heterocycles. The van der Waals surface area contributed by atoms with E-state index in [1.165, 1.54) is 11.1 Å². The van der Waals surface area contributed by atoms with Gasteiger partial charge in [0.1, 0.15) is 0 Å². The molecule has 1 spiro atoms. The minimum absolute atomic E-state index is 0.0943. The monoisotopic (exact) mass is 297 g/mol. The summed E-state index contributed by atoms with van der Waals surface area (Å²) >= 11 is 0. The minimum atomic E-state index is -0.384. The van der Waals surface area contributed by atoms with Gasteiger partial charge in [-0.05, 0) is 38.1 Å². The van der Waals surface area contributed by atoms with E-state index in [1.54, 1.807) is 6.08 Å². The highest BCUT2D eigenvalue weighted by molar-refractivity contribution is 5.98. The predicted molar refractivity (Wildman–Crippen MR) is 81.5 cm³/mol. The summed E-state index contributed by atoms with van der Waals surface area (Å²) in [5, 5.41) is 0. The highest BCUT2D eigenvalue weighted by Gasteiger charge is 2.67. The number of likely N-dealkylation sites (tertiary alicyclic amines) is 1. The largest absolute Gasteiger partial charge is 0.490 e. The fourth-order valence-electron chi connectivity index (χ4n) is 5.19. The zero-order valence-corrected chi connectivity index (χ0v) is 12.8. The summed E-state index contributed by atoms with van der Waals surface area (Å²) in [5.74, 6) is 2.06. The Labute approximate surface area is 129 Å². The van der Waals surface area contributed by atoms with Crippen molar-refractivity contribution >= 4 is 5.78 Å². The first-order valence-electron chi connectivity index (χ1n) is 8.05. The van der Waals surface area contributed by atoms with E-state index in [0.29, 0.717) is 18.6 Å². The zero-order valence-electron chi connectivity index (χ0n) is 12.8. The van der Waals surface area contributed by atoms with Crippen LogP contribution in [0.5, 0.6) is 11.5 Å². The number of benzene rings is 1. The third kappa shape index (κ3) is 1.23. The van der Waals surface area contributed by atoms with Crippen molar-refractivity contribution in [1.29, 1.82) is 0 Å². The van der Waals surface area contributed by atoms with Gasteiger partial charge in [-0.25, -0.2) is 0 Å². The Morgan fingerprint density at radius 1 is 1.45 bits per heavy atom. The molecule has 5 rings (SSSR count). The molecular formula is C18H19NO3. The van der Waals surface area contributed by atoms with Crippen LogP contribution in [0.1, 0.15) is 18.1 Å². The summed E-state index contributed by atoms with van der Waals surface area (Å²) < 4.78 is 12.0. The lowest BCUT2D eigenvalue weighted by Crippen LogP contribution is -2.53. The molecule has 4 heteroatoms. The normalized spacial score (nSPS) is 37.2. The van der Waals surface area contributed by atoms with Gasteiger partial charge >= 0.3 is 0 Å². The van der Waals surface area contributed by atoms with E-state index in [2.05, 4.69) is 24.1 Å². The minimum Gasteiger partial charge on any atom is -0.490 e. The second-order valence-corrected chi connectivity index (χ2v) is 6.87. The number of carbonyl (C=O) groups is 1. The van der Waals surface area contributed by atoms with Gasteiger partial charge < -0.3 is 14.4 Å². The van der Waals surface area contributed by atoms with E-state index in [4.69, 9.17) is 9.47 Å². The molecule has 0 N–H and O–H groups in total. The van der Waals surface area contributed by atoms with Crippen molar-refractivity contribution in [1.82, 2.24) is 4.90 Å². The van der Waals surface area contributed by atoms with Crippen LogP contribution in [0.2, 0.25) is 0 Å². The molecule has 0 radical (unpaired) electrons. The van der Waals surface area contributed by atoms with E-state index in [-0.39, 0.29) is 17.3 Å². The number of rotatable bonds is 2. The van der Waals surface area contributed by atoms with Crippen molar-refractivity contribution in [2.75, 3.05) is 20.2 Å². The number of ether oxygens (including phenoxy) is 2. The number of nitrogens with zero attached hydrogens (tertiary/aromatic N) is 1. The van der Waals surface area contributed by atoms with Crippen LogP contribution in [0.3, 0.4) is 0 Å². The van der Waals surface area contributed by atoms with Crippen LogP contribution in [0.4, 0.5) is 0 Å².